The molecule has 3 heteroatoms. The van der Waals surface area contributed by atoms with Gasteiger partial charge in [-0.15, -0.1) is 0 Å². The van der Waals surface area contributed by atoms with Crippen LogP contribution in [0.2, 0.25) is 0 Å². The molecule has 1 heterocycles. The molecule has 1 aliphatic carbocycles. The lowest BCUT2D eigenvalue weighted by molar-refractivity contribution is 0.444. The Kier molecular flexibility index (Phi) is 2.13. The Hall–Kier alpha value is -1.56. The predicted molar refractivity (Wildman–Crippen MR) is 50.2 cm³/mol. The van der Waals surface area contributed by atoms with Gasteiger partial charge in [-0.3, -0.25) is 0 Å². The molecule has 0 spiro atoms. The summed E-state index contributed by atoms with van der Waals surface area (Å²) in [6, 6.07) is 8.07. The second kappa shape index (κ2) is 3.44. The number of pyridine rings is 1. The van der Waals surface area contributed by atoms with Crippen molar-refractivity contribution in [3.8, 4) is 6.07 Å². The third kappa shape index (κ3) is 1.78. The minimum atomic E-state index is 0.476. The van der Waals surface area contributed by atoms with Gasteiger partial charge in [0.2, 0.25) is 0 Å². The molecule has 13 heavy (non-hydrogen) atoms. The first-order valence-electron chi connectivity index (χ1n) is 4.52. The van der Waals surface area contributed by atoms with Crippen LogP contribution in [0.1, 0.15) is 25.0 Å². The van der Waals surface area contributed by atoms with E-state index in [9.17, 15) is 0 Å². The zero-order valence-corrected chi connectivity index (χ0v) is 7.33. The summed E-state index contributed by atoms with van der Waals surface area (Å²) < 4.78 is 0. The van der Waals surface area contributed by atoms with E-state index in [0.29, 0.717) is 11.7 Å². The van der Waals surface area contributed by atoms with Gasteiger partial charge in [-0.25, -0.2) is 4.98 Å². The molecule has 0 radical (unpaired) electrons. The molecule has 1 aromatic rings. The van der Waals surface area contributed by atoms with Crippen molar-refractivity contribution >= 4 is 5.82 Å². The first-order chi connectivity index (χ1) is 6.38. The van der Waals surface area contributed by atoms with Gasteiger partial charge in [0.05, 0.1) is 0 Å². The Morgan fingerprint density at radius 2 is 2.31 bits per heavy atom. The molecular weight excluding hydrogens is 162 g/mol. The largest absolute Gasteiger partial charge is 0.367 e. The number of hydrogen-bond acceptors (Lipinski definition) is 3. The second-order valence-corrected chi connectivity index (χ2v) is 3.29. The van der Waals surface area contributed by atoms with E-state index in [1.165, 1.54) is 19.3 Å². The molecule has 1 aromatic heterocycles. The van der Waals surface area contributed by atoms with Crippen LogP contribution in [-0.4, -0.2) is 11.0 Å². The number of aromatic nitrogens is 1. The standard InChI is InChI=1S/C10H11N3/c11-7-9-5-2-6-10(13-9)12-8-3-1-4-8/h2,5-6,8H,1,3-4H2,(H,12,13). The average Bonchev–Trinajstić information content (AvgIpc) is 2.12. The predicted octanol–water partition coefficient (Wildman–Crippen LogP) is 1.92. The molecule has 1 aliphatic rings. The SMILES string of the molecule is N#Cc1cccc(NC2CCC2)n1. The van der Waals surface area contributed by atoms with Crippen molar-refractivity contribution in [1.29, 1.82) is 5.26 Å². The monoisotopic (exact) mass is 173 g/mol. The highest BCUT2D eigenvalue weighted by atomic mass is 15.0. The molecule has 0 saturated heterocycles. The maximum Gasteiger partial charge on any atom is 0.142 e. The van der Waals surface area contributed by atoms with Crippen LogP contribution in [0.3, 0.4) is 0 Å². The summed E-state index contributed by atoms with van der Waals surface area (Å²) in [6.45, 7) is 0. The van der Waals surface area contributed by atoms with Crippen LogP contribution in [-0.2, 0) is 0 Å². The first kappa shape index (κ1) is 8.06. The van der Waals surface area contributed by atoms with Gasteiger partial charge in [-0.05, 0) is 31.4 Å². The van der Waals surface area contributed by atoms with Crippen LogP contribution in [0, 0.1) is 11.3 Å². The fourth-order valence-electron chi connectivity index (χ4n) is 1.34. The van der Waals surface area contributed by atoms with E-state index in [1.807, 2.05) is 18.2 Å². The van der Waals surface area contributed by atoms with Crippen molar-refractivity contribution in [2.45, 2.75) is 25.3 Å². The molecular formula is C10H11N3. The number of anilines is 1. The molecule has 3 nitrogen and oxygen atoms in total. The zero-order valence-electron chi connectivity index (χ0n) is 7.33. The molecule has 0 atom stereocenters. The van der Waals surface area contributed by atoms with Crippen LogP contribution < -0.4 is 5.32 Å². The summed E-state index contributed by atoms with van der Waals surface area (Å²) in [5, 5.41) is 11.9. The van der Waals surface area contributed by atoms with Crippen LogP contribution >= 0.6 is 0 Å². The molecule has 1 N–H and O–H groups in total. The fourth-order valence-corrected chi connectivity index (χ4v) is 1.34. The Labute approximate surface area is 77.4 Å². The highest BCUT2D eigenvalue weighted by molar-refractivity contribution is 5.39. The molecule has 0 bridgehead atoms. The van der Waals surface area contributed by atoms with Crippen molar-refractivity contribution in [2.24, 2.45) is 0 Å². The van der Waals surface area contributed by atoms with E-state index in [4.69, 9.17) is 5.26 Å². The van der Waals surface area contributed by atoms with E-state index >= 15 is 0 Å². The van der Waals surface area contributed by atoms with Gasteiger partial charge in [0.25, 0.3) is 0 Å². The molecule has 1 saturated carbocycles. The normalized spacial score (nSPS) is 15.9. The van der Waals surface area contributed by atoms with Crippen LogP contribution in [0.15, 0.2) is 18.2 Å². The number of nitrogens with one attached hydrogen (secondary N) is 1. The quantitative estimate of drug-likeness (QED) is 0.743. The van der Waals surface area contributed by atoms with E-state index < -0.39 is 0 Å². The molecule has 66 valence electrons. The number of rotatable bonds is 2. The van der Waals surface area contributed by atoms with Gasteiger partial charge in [0, 0.05) is 6.04 Å². The van der Waals surface area contributed by atoms with Crippen LogP contribution in [0.4, 0.5) is 5.82 Å². The Bertz CT molecular complexity index is 336. The summed E-state index contributed by atoms with van der Waals surface area (Å²) in [4.78, 5) is 4.14. The lowest BCUT2D eigenvalue weighted by atomic mass is 9.93. The number of nitrogens with zero attached hydrogens (tertiary/aromatic N) is 2. The fraction of sp³-hybridized carbons (Fsp3) is 0.400. The van der Waals surface area contributed by atoms with Gasteiger partial charge in [0.1, 0.15) is 17.6 Å². The van der Waals surface area contributed by atoms with Crippen LogP contribution in [0.25, 0.3) is 0 Å². The third-order valence-corrected chi connectivity index (χ3v) is 2.32. The van der Waals surface area contributed by atoms with Crippen LogP contribution in [0.5, 0.6) is 0 Å². The van der Waals surface area contributed by atoms with Gasteiger partial charge in [0.15, 0.2) is 0 Å². The summed E-state index contributed by atoms with van der Waals surface area (Å²) in [5.74, 6) is 0.823. The Morgan fingerprint density at radius 3 is 2.92 bits per heavy atom. The van der Waals surface area contributed by atoms with Crippen molar-refractivity contribution < 1.29 is 0 Å². The van der Waals surface area contributed by atoms with Crippen molar-refractivity contribution in [3.05, 3.63) is 23.9 Å². The minimum absolute atomic E-state index is 0.476. The zero-order chi connectivity index (χ0) is 9.10. The van der Waals surface area contributed by atoms with Gasteiger partial charge < -0.3 is 5.32 Å². The smallest absolute Gasteiger partial charge is 0.142 e. The highest BCUT2D eigenvalue weighted by Gasteiger charge is 2.16. The Morgan fingerprint density at radius 1 is 1.46 bits per heavy atom. The maximum absolute atomic E-state index is 8.63. The Balaban J connectivity index is 2.07. The lowest BCUT2D eigenvalue weighted by Gasteiger charge is -2.26. The summed E-state index contributed by atoms with van der Waals surface area (Å²) in [5.41, 5.74) is 0.476. The number of hydrogen-bond donors (Lipinski definition) is 1. The molecule has 0 amide bonds. The summed E-state index contributed by atoms with van der Waals surface area (Å²) in [7, 11) is 0. The highest BCUT2D eigenvalue weighted by Crippen LogP contribution is 2.22. The van der Waals surface area contributed by atoms with Gasteiger partial charge in [-0.2, -0.15) is 5.26 Å². The van der Waals surface area contributed by atoms with Gasteiger partial charge in [-0.1, -0.05) is 6.07 Å². The van der Waals surface area contributed by atoms with Crippen molar-refractivity contribution in [2.75, 3.05) is 5.32 Å². The molecule has 0 aliphatic heterocycles. The first-order valence-corrected chi connectivity index (χ1v) is 4.52. The molecule has 1 fully saturated rings. The maximum atomic E-state index is 8.63. The third-order valence-electron chi connectivity index (χ3n) is 2.32. The van der Waals surface area contributed by atoms with Gasteiger partial charge >= 0.3 is 0 Å². The van der Waals surface area contributed by atoms with Crippen molar-refractivity contribution in [1.82, 2.24) is 4.98 Å². The molecule has 0 unspecified atom stereocenters. The second-order valence-electron chi connectivity index (χ2n) is 3.29. The minimum Gasteiger partial charge on any atom is -0.367 e. The number of nitriles is 1. The summed E-state index contributed by atoms with van der Waals surface area (Å²) in [6.07, 6.45) is 3.74. The lowest BCUT2D eigenvalue weighted by Crippen LogP contribution is -2.27. The topological polar surface area (TPSA) is 48.7 Å². The summed E-state index contributed by atoms with van der Waals surface area (Å²) >= 11 is 0. The van der Waals surface area contributed by atoms with Crippen molar-refractivity contribution in [3.63, 3.8) is 0 Å². The van der Waals surface area contributed by atoms with E-state index in [1.54, 1.807) is 6.07 Å². The molecule has 0 aromatic carbocycles. The van der Waals surface area contributed by atoms with E-state index in [-0.39, 0.29) is 0 Å². The average molecular weight is 173 g/mol. The van der Waals surface area contributed by atoms with E-state index in [2.05, 4.69) is 10.3 Å². The molecule has 2 rings (SSSR count). The van der Waals surface area contributed by atoms with E-state index in [0.717, 1.165) is 5.82 Å².